The fourth-order valence-corrected chi connectivity index (χ4v) is 2.97. The quantitative estimate of drug-likeness (QED) is 0.500. The van der Waals surface area contributed by atoms with Gasteiger partial charge in [-0.25, -0.2) is 0 Å². The van der Waals surface area contributed by atoms with E-state index in [1.54, 1.807) is 30.1 Å². The van der Waals surface area contributed by atoms with Crippen LogP contribution < -0.4 is 10.1 Å². The fraction of sp³-hybridized carbons (Fsp3) is 0.0952. The van der Waals surface area contributed by atoms with Crippen LogP contribution in [0.4, 0.5) is 5.82 Å². The van der Waals surface area contributed by atoms with E-state index in [2.05, 4.69) is 20.6 Å². The predicted octanol–water partition coefficient (Wildman–Crippen LogP) is 4.24. The Morgan fingerprint density at radius 2 is 2.00 bits per heavy atom. The molecule has 2 aromatic heterocycles. The van der Waals surface area contributed by atoms with Gasteiger partial charge in [0.2, 0.25) is 0 Å². The molecule has 0 bridgehead atoms. The van der Waals surface area contributed by atoms with E-state index in [9.17, 15) is 4.79 Å². The van der Waals surface area contributed by atoms with Crippen LogP contribution in [0.1, 0.15) is 16.1 Å². The van der Waals surface area contributed by atoms with Crippen molar-refractivity contribution in [2.75, 3.05) is 12.4 Å². The Balaban J connectivity index is 1.43. The Kier molecular flexibility index (Phi) is 5.31. The molecule has 4 rings (SSSR count). The van der Waals surface area contributed by atoms with Gasteiger partial charge in [-0.1, -0.05) is 35.9 Å². The minimum absolute atomic E-state index is 0.316. The standard InChI is InChI=1S/C21H18ClN5O2/c1-29-17-4-2-3-15(11-17)18-12-19(25-24-18)21(28)23-20-9-10-27(26-20)13-14-5-7-16(22)8-6-14/h2-12H,13H2,1H3,(H,24,25)(H,23,26,28). The van der Waals surface area contributed by atoms with Gasteiger partial charge in [-0.2, -0.15) is 10.2 Å². The van der Waals surface area contributed by atoms with Gasteiger partial charge in [-0.05, 0) is 35.9 Å². The van der Waals surface area contributed by atoms with E-state index in [0.29, 0.717) is 28.8 Å². The van der Waals surface area contributed by atoms with E-state index in [0.717, 1.165) is 16.9 Å². The molecule has 2 heterocycles. The summed E-state index contributed by atoms with van der Waals surface area (Å²) in [6, 6.07) is 18.5. The number of nitrogens with zero attached hydrogens (tertiary/aromatic N) is 3. The molecule has 0 saturated carbocycles. The van der Waals surface area contributed by atoms with Crippen molar-refractivity contribution in [1.82, 2.24) is 20.0 Å². The largest absolute Gasteiger partial charge is 0.497 e. The number of aromatic nitrogens is 4. The first-order chi connectivity index (χ1) is 14.1. The lowest BCUT2D eigenvalue weighted by atomic mass is 10.1. The monoisotopic (exact) mass is 407 g/mol. The second-order valence-corrected chi connectivity index (χ2v) is 6.81. The molecule has 0 radical (unpaired) electrons. The number of nitrogens with one attached hydrogen (secondary N) is 2. The molecule has 4 aromatic rings. The summed E-state index contributed by atoms with van der Waals surface area (Å²) in [6.07, 6.45) is 1.80. The summed E-state index contributed by atoms with van der Waals surface area (Å²) < 4.78 is 6.97. The van der Waals surface area contributed by atoms with Crippen molar-refractivity contribution in [2.24, 2.45) is 0 Å². The number of carbonyl (C=O) groups excluding carboxylic acids is 1. The number of aromatic amines is 1. The van der Waals surface area contributed by atoms with Gasteiger partial charge in [-0.3, -0.25) is 14.6 Å². The number of rotatable bonds is 6. The number of benzene rings is 2. The maximum Gasteiger partial charge on any atom is 0.274 e. The minimum atomic E-state index is -0.316. The molecule has 0 atom stereocenters. The summed E-state index contributed by atoms with van der Waals surface area (Å²) in [6.45, 7) is 0.580. The van der Waals surface area contributed by atoms with Crippen LogP contribution in [-0.4, -0.2) is 33.0 Å². The molecule has 2 N–H and O–H groups in total. The summed E-state index contributed by atoms with van der Waals surface area (Å²) in [7, 11) is 1.61. The summed E-state index contributed by atoms with van der Waals surface area (Å²) in [5.74, 6) is 0.868. The van der Waals surface area contributed by atoms with Gasteiger partial charge in [-0.15, -0.1) is 0 Å². The van der Waals surface area contributed by atoms with Gasteiger partial charge in [0.1, 0.15) is 11.4 Å². The number of H-pyrrole nitrogens is 1. The zero-order chi connectivity index (χ0) is 20.2. The Bertz CT molecular complexity index is 1130. The smallest absolute Gasteiger partial charge is 0.274 e. The van der Waals surface area contributed by atoms with E-state index in [1.165, 1.54) is 0 Å². The Morgan fingerprint density at radius 3 is 2.79 bits per heavy atom. The molecule has 0 unspecified atom stereocenters. The third-order valence-electron chi connectivity index (χ3n) is 4.33. The molecule has 0 aliphatic carbocycles. The van der Waals surface area contributed by atoms with Crippen LogP contribution in [0.15, 0.2) is 66.9 Å². The molecule has 8 heteroatoms. The summed E-state index contributed by atoms with van der Waals surface area (Å²) in [5.41, 5.74) is 2.91. The number of methoxy groups -OCH3 is 1. The number of hydrogen-bond donors (Lipinski definition) is 2. The van der Waals surface area contributed by atoms with Crippen molar-refractivity contribution in [3.8, 4) is 17.0 Å². The Morgan fingerprint density at radius 1 is 1.17 bits per heavy atom. The van der Waals surface area contributed by atoms with Gasteiger partial charge in [0, 0.05) is 22.8 Å². The highest BCUT2D eigenvalue weighted by molar-refractivity contribution is 6.30. The van der Waals surface area contributed by atoms with Gasteiger partial charge in [0.15, 0.2) is 5.82 Å². The third kappa shape index (κ3) is 4.47. The van der Waals surface area contributed by atoms with Crippen molar-refractivity contribution in [3.63, 3.8) is 0 Å². The molecule has 0 spiro atoms. The topological polar surface area (TPSA) is 84.8 Å². The molecule has 0 aliphatic heterocycles. The lowest BCUT2D eigenvalue weighted by Gasteiger charge is -2.02. The van der Waals surface area contributed by atoms with Gasteiger partial charge >= 0.3 is 0 Å². The second kappa shape index (κ2) is 8.20. The SMILES string of the molecule is COc1cccc(-c2cc(C(=O)Nc3ccn(Cc4ccc(Cl)cc4)n3)[nH]n2)c1. The molecule has 0 fully saturated rings. The maximum absolute atomic E-state index is 12.5. The van der Waals surface area contributed by atoms with E-state index < -0.39 is 0 Å². The number of amides is 1. The van der Waals surface area contributed by atoms with Gasteiger partial charge < -0.3 is 10.1 Å². The molecule has 146 valence electrons. The van der Waals surface area contributed by atoms with Crippen LogP contribution in [0.5, 0.6) is 5.75 Å². The van der Waals surface area contributed by atoms with Crippen LogP contribution in [0.3, 0.4) is 0 Å². The van der Waals surface area contributed by atoms with Crippen molar-refractivity contribution in [2.45, 2.75) is 6.54 Å². The number of carbonyl (C=O) groups is 1. The highest BCUT2D eigenvalue weighted by Crippen LogP contribution is 2.22. The van der Waals surface area contributed by atoms with E-state index in [4.69, 9.17) is 16.3 Å². The van der Waals surface area contributed by atoms with Crippen LogP contribution in [0.2, 0.25) is 5.02 Å². The molecule has 0 saturated heterocycles. The molecule has 2 aromatic carbocycles. The number of hydrogen-bond acceptors (Lipinski definition) is 4. The van der Waals surface area contributed by atoms with E-state index >= 15 is 0 Å². The maximum atomic E-state index is 12.5. The summed E-state index contributed by atoms with van der Waals surface area (Å²) in [4.78, 5) is 12.5. The molecular weight excluding hydrogens is 390 g/mol. The van der Waals surface area contributed by atoms with E-state index in [-0.39, 0.29) is 5.91 Å². The van der Waals surface area contributed by atoms with Crippen LogP contribution in [0, 0.1) is 0 Å². The summed E-state index contributed by atoms with van der Waals surface area (Å²) in [5, 5.41) is 14.8. The normalized spacial score (nSPS) is 10.7. The first kappa shape index (κ1) is 18.8. The average Bonchev–Trinajstić information content (AvgIpc) is 3.40. The van der Waals surface area contributed by atoms with E-state index in [1.807, 2.05) is 48.5 Å². The third-order valence-corrected chi connectivity index (χ3v) is 4.58. The Labute approximate surface area is 172 Å². The predicted molar refractivity (Wildman–Crippen MR) is 111 cm³/mol. The number of ether oxygens (including phenoxy) is 1. The van der Waals surface area contributed by atoms with Crippen molar-refractivity contribution < 1.29 is 9.53 Å². The first-order valence-corrected chi connectivity index (χ1v) is 9.27. The zero-order valence-corrected chi connectivity index (χ0v) is 16.3. The fourth-order valence-electron chi connectivity index (χ4n) is 2.85. The number of halogens is 1. The molecule has 7 nitrogen and oxygen atoms in total. The highest BCUT2D eigenvalue weighted by atomic mass is 35.5. The summed E-state index contributed by atoms with van der Waals surface area (Å²) >= 11 is 5.91. The highest BCUT2D eigenvalue weighted by Gasteiger charge is 2.13. The average molecular weight is 408 g/mol. The molecule has 0 aliphatic rings. The lowest BCUT2D eigenvalue weighted by Crippen LogP contribution is -2.13. The number of anilines is 1. The zero-order valence-electron chi connectivity index (χ0n) is 15.6. The lowest BCUT2D eigenvalue weighted by molar-refractivity contribution is 0.102. The second-order valence-electron chi connectivity index (χ2n) is 6.38. The van der Waals surface area contributed by atoms with Crippen LogP contribution in [0.25, 0.3) is 11.3 Å². The van der Waals surface area contributed by atoms with Crippen molar-refractivity contribution >= 4 is 23.3 Å². The van der Waals surface area contributed by atoms with Gasteiger partial charge in [0.05, 0.1) is 19.3 Å². The van der Waals surface area contributed by atoms with Crippen LogP contribution in [-0.2, 0) is 6.54 Å². The molecular formula is C21H18ClN5O2. The molecule has 1 amide bonds. The minimum Gasteiger partial charge on any atom is -0.497 e. The first-order valence-electron chi connectivity index (χ1n) is 8.90. The van der Waals surface area contributed by atoms with Crippen molar-refractivity contribution in [1.29, 1.82) is 0 Å². The van der Waals surface area contributed by atoms with Crippen LogP contribution >= 0.6 is 11.6 Å². The Hall–Kier alpha value is -3.58. The van der Waals surface area contributed by atoms with Crippen molar-refractivity contribution in [3.05, 3.63) is 83.1 Å². The molecule has 29 heavy (non-hydrogen) atoms. The van der Waals surface area contributed by atoms with Gasteiger partial charge in [0.25, 0.3) is 5.91 Å².